The molecule has 0 aliphatic rings. The first-order chi connectivity index (χ1) is 15.2. The molecule has 0 amide bonds. The molecule has 1 N–H and O–H groups in total. The Labute approximate surface area is 190 Å². The van der Waals surface area contributed by atoms with Crippen molar-refractivity contribution in [3.8, 4) is 17.3 Å². The van der Waals surface area contributed by atoms with E-state index in [1.807, 2.05) is 53.9 Å². The number of hydrogen-bond acceptors (Lipinski definition) is 5. The van der Waals surface area contributed by atoms with Crippen LogP contribution in [0.1, 0.15) is 17.5 Å². The Bertz CT molecular complexity index is 1430. The second kappa shape index (κ2) is 9.20. The van der Waals surface area contributed by atoms with E-state index in [0.29, 0.717) is 34.8 Å². The van der Waals surface area contributed by atoms with Gasteiger partial charge in [-0.1, -0.05) is 0 Å². The van der Waals surface area contributed by atoms with Crippen molar-refractivity contribution in [3.05, 3.63) is 88.9 Å². The number of aromatic nitrogens is 5. The van der Waals surface area contributed by atoms with Crippen molar-refractivity contribution in [2.75, 3.05) is 6.61 Å². The molecule has 0 spiro atoms. The minimum atomic E-state index is -0.206. The van der Waals surface area contributed by atoms with Gasteiger partial charge in [-0.2, -0.15) is 0 Å². The largest absolute Gasteiger partial charge is 0.494 e. The average molecular weight is 448 g/mol. The van der Waals surface area contributed by atoms with Gasteiger partial charge in [-0.3, -0.25) is 9.78 Å². The number of ether oxygens (including phenoxy) is 1. The van der Waals surface area contributed by atoms with E-state index in [9.17, 15) is 4.79 Å². The van der Waals surface area contributed by atoms with Crippen LogP contribution in [0.25, 0.3) is 27.9 Å². The topological polar surface area (TPSA) is 85.2 Å². The van der Waals surface area contributed by atoms with Crippen LogP contribution in [0.3, 0.4) is 0 Å². The van der Waals surface area contributed by atoms with Gasteiger partial charge in [0.15, 0.2) is 5.82 Å². The third-order valence-electron chi connectivity index (χ3n) is 5.26. The number of H-pyrrole nitrogens is 1. The summed E-state index contributed by atoms with van der Waals surface area (Å²) in [5.74, 6) is 1.13. The zero-order chi connectivity index (χ0) is 21.2. The predicted molar refractivity (Wildman–Crippen MR) is 127 cm³/mol. The van der Waals surface area contributed by atoms with Gasteiger partial charge in [0.2, 0.25) is 0 Å². The number of pyridine rings is 1. The molecular weight excluding hydrogens is 426 g/mol. The molecule has 32 heavy (non-hydrogen) atoms. The Morgan fingerprint density at radius 3 is 2.81 bits per heavy atom. The minimum Gasteiger partial charge on any atom is -0.494 e. The molecule has 162 valence electrons. The molecule has 0 unspecified atom stereocenters. The molecule has 0 aliphatic carbocycles. The van der Waals surface area contributed by atoms with Gasteiger partial charge in [0, 0.05) is 24.1 Å². The molecule has 1 aromatic carbocycles. The number of halogens is 1. The number of rotatable bonds is 6. The van der Waals surface area contributed by atoms with Crippen molar-refractivity contribution in [2.45, 2.75) is 19.8 Å². The zero-order valence-corrected chi connectivity index (χ0v) is 18.3. The number of nitrogens with one attached hydrogen (secondary N) is 1. The Kier molecular flexibility index (Phi) is 6.18. The highest BCUT2D eigenvalue weighted by atomic mass is 35.5. The van der Waals surface area contributed by atoms with Crippen molar-refractivity contribution >= 4 is 28.8 Å². The summed E-state index contributed by atoms with van der Waals surface area (Å²) in [5, 5.41) is 0.511. The third kappa shape index (κ3) is 4.33. The maximum absolute atomic E-state index is 12.8. The first-order valence-corrected chi connectivity index (χ1v) is 10.2. The van der Waals surface area contributed by atoms with E-state index in [1.165, 1.54) is 5.56 Å². The number of hydrogen-bond donors (Lipinski definition) is 1. The molecule has 0 atom stereocenters. The van der Waals surface area contributed by atoms with Crippen molar-refractivity contribution in [1.82, 2.24) is 24.3 Å². The number of aromatic amines is 1. The van der Waals surface area contributed by atoms with Crippen LogP contribution in [0.4, 0.5) is 0 Å². The number of benzene rings is 1. The fourth-order valence-electron chi connectivity index (χ4n) is 3.67. The van der Waals surface area contributed by atoms with Gasteiger partial charge in [0.05, 0.1) is 23.8 Å². The lowest BCUT2D eigenvalue weighted by Gasteiger charge is -2.10. The smallest absolute Gasteiger partial charge is 0.259 e. The van der Waals surface area contributed by atoms with E-state index < -0.39 is 0 Å². The Morgan fingerprint density at radius 2 is 1.97 bits per heavy atom. The predicted octanol–water partition coefficient (Wildman–Crippen LogP) is 4.37. The van der Waals surface area contributed by atoms with Crippen molar-refractivity contribution in [3.63, 3.8) is 0 Å². The summed E-state index contributed by atoms with van der Waals surface area (Å²) in [6, 6.07) is 13.5. The lowest BCUT2D eigenvalue weighted by atomic mass is 10.1. The Morgan fingerprint density at radius 1 is 1.12 bits per heavy atom. The third-order valence-corrected chi connectivity index (χ3v) is 5.26. The highest BCUT2D eigenvalue weighted by Gasteiger charge is 2.12. The van der Waals surface area contributed by atoms with Crippen LogP contribution < -0.4 is 10.3 Å². The van der Waals surface area contributed by atoms with Gasteiger partial charge in [-0.25, -0.2) is 9.97 Å². The number of aryl methyl sites for hydroxylation is 2. The van der Waals surface area contributed by atoms with E-state index >= 15 is 0 Å². The maximum Gasteiger partial charge on any atom is 0.259 e. The second-order valence-electron chi connectivity index (χ2n) is 7.47. The van der Waals surface area contributed by atoms with Crippen LogP contribution in [-0.4, -0.2) is 30.9 Å². The summed E-state index contributed by atoms with van der Waals surface area (Å²) in [6.07, 6.45) is 9.02. The molecule has 0 aliphatic heterocycles. The summed E-state index contributed by atoms with van der Waals surface area (Å²) in [5.41, 5.74) is 4.18. The SMILES string of the molecule is Cc1cc(OCCCc2ccncc2)cc2c(=O)[nH]c(-c3cc4cccn4cn3)nc12.Cl. The molecular formula is C24H22ClN5O2. The average Bonchev–Trinajstić information content (AvgIpc) is 3.26. The summed E-state index contributed by atoms with van der Waals surface area (Å²) in [7, 11) is 0. The molecule has 5 aromatic rings. The first-order valence-electron chi connectivity index (χ1n) is 10.2. The van der Waals surface area contributed by atoms with Crippen LogP contribution in [0.15, 0.2) is 72.2 Å². The fourth-order valence-corrected chi connectivity index (χ4v) is 3.67. The quantitative estimate of drug-likeness (QED) is 0.390. The molecule has 0 saturated heterocycles. The Balaban J connectivity index is 0.00000245. The zero-order valence-electron chi connectivity index (χ0n) is 17.5. The standard InChI is InChI=1S/C24H21N5O2.ClH/c1-16-12-19(31-11-3-4-17-6-8-25-9-7-17)14-20-22(16)27-23(28-24(20)30)21-13-18-5-2-10-29(18)15-26-21;/h2,5-10,12-15H,3-4,11H2,1H3,(H,27,28,30);1H. The molecule has 7 nitrogen and oxygen atoms in total. The monoisotopic (exact) mass is 447 g/mol. The van der Waals surface area contributed by atoms with Crippen molar-refractivity contribution in [2.24, 2.45) is 0 Å². The van der Waals surface area contributed by atoms with Gasteiger partial charge in [0.1, 0.15) is 11.4 Å². The molecule has 0 saturated carbocycles. The van der Waals surface area contributed by atoms with Crippen LogP contribution in [0.5, 0.6) is 5.75 Å². The molecule has 0 fully saturated rings. The minimum absolute atomic E-state index is 0. The molecule has 0 radical (unpaired) electrons. The molecule has 5 rings (SSSR count). The normalized spacial score (nSPS) is 10.9. The van der Waals surface area contributed by atoms with Crippen molar-refractivity contribution in [1.29, 1.82) is 0 Å². The van der Waals surface area contributed by atoms with Gasteiger partial charge in [-0.15, -0.1) is 12.4 Å². The maximum atomic E-state index is 12.8. The van der Waals surface area contributed by atoms with Crippen LogP contribution in [0.2, 0.25) is 0 Å². The van der Waals surface area contributed by atoms with Crippen LogP contribution >= 0.6 is 12.4 Å². The molecule has 4 aromatic heterocycles. The fraction of sp³-hybridized carbons (Fsp3) is 0.167. The van der Waals surface area contributed by atoms with E-state index in [1.54, 1.807) is 24.8 Å². The summed E-state index contributed by atoms with van der Waals surface area (Å²) in [4.78, 5) is 28.8. The summed E-state index contributed by atoms with van der Waals surface area (Å²) < 4.78 is 7.82. The van der Waals surface area contributed by atoms with Gasteiger partial charge in [-0.05, 0) is 73.4 Å². The van der Waals surface area contributed by atoms with E-state index in [4.69, 9.17) is 4.74 Å². The van der Waals surface area contributed by atoms with Gasteiger partial charge in [0.25, 0.3) is 5.56 Å². The lowest BCUT2D eigenvalue weighted by Crippen LogP contribution is -2.11. The van der Waals surface area contributed by atoms with Crippen LogP contribution in [0, 0.1) is 6.92 Å². The van der Waals surface area contributed by atoms with Crippen molar-refractivity contribution < 1.29 is 4.74 Å². The molecule has 8 heteroatoms. The summed E-state index contributed by atoms with van der Waals surface area (Å²) in [6.45, 7) is 2.50. The number of nitrogens with zero attached hydrogens (tertiary/aromatic N) is 4. The molecule has 4 heterocycles. The van der Waals surface area contributed by atoms with Gasteiger partial charge >= 0.3 is 0 Å². The van der Waals surface area contributed by atoms with Gasteiger partial charge < -0.3 is 14.1 Å². The second-order valence-corrected chi connectivity index (χ2v) is 7.47. The number of fused-ring (bicyclic) bond motifs is 2. The lowest BCUT2D eigenvalue weighted by molar-refractivity contribution is 0.311. The first kappa shape index (κ1) is 21.5. The van der Waals surface area contributed by atoms with E-state index in [0.717, 1.165) is 23.9 Å². The van der Waals surface area contributed by atoms with E-state index in [2.05, 4.69) is 19.9 Å². The highest BCUT2D eigenvalue weighted by Crippen LogP contribution is 2.24. The van der Waals surface area contributed by atoms with E-state index in [-0.39, 0.29) is 18.0 Å². The summed E-state index contributed by atoms with van der Waals surface area (Å²) >= 11 is 0. The van der Waals surface area contributed by atoms with Crippen LogP contribution in [-0.2, 0) is 6.42 Å². The highest BCUT2D eigenvalue weighted by molar-refractivity contribution is 5.85. The molecule has 0 bridgehead atoms. The Hall–Kier alpha value is -3.71.